The first kappa shape index (κ1) is 21.2. The summed E-state index contributed by atoms with van der Waals surface area (Å²) in [6, 6.07) is 24.7. The minimum atomic E-state index is -3.82. The Kier molecular flexibility index (Phi) is 5.93. The second-order valence-electron chi connectivity index (χ2n) is 7.13. The monoisotopic (exact) mass is 429 g/mol. The lowest BCUT2D eigenvalue weighted by Gasteiger charge is -2.31. The van der Waals surface area contributed by atoms with Gasteiger partial charge in [-0.2, -0.15) is 0 Å². The fraction of sp³-hybridized carbons (Fsp3) is 0.182. The van der Waals surface area contributed by atoms with Crippen molar-refractivity contribution in [2.45, 2.75) is 22.1 Å². The second-order valence-corrected chi connectivity index (χ2v) is 10.9. The van der Waals surface area contributed by atoms with Crippen LogP contribution in [0.15, 0.2) is 94.7 Å². The molecule has 0 heterocycles. The van der Waals surface area contributed by atoms with Crippen molar-refractivity contribution in [3.63, 3.8) is 0 Å². The van der Waals surface area contributed by atoms with Gasteiger partial charge in [0.25, 0.3) is 0 Å². The zero-order chi connectivity index (χ0) is 21.1. The molecular formula is C22H23NO4S2. The van der Waals surface area contributed by atoms with E-state index in [0.29, 0.717) is 0 Å². The quantitative estimate of drug-likeness (QED) is 0.624. The predicted molar refractivity (Wildman–Crippen MR) is 114 cm³/mol. The molecule has 7 heteroatoms. The molecule has 152 valence electrons. The van der Waals surface area contributed by atoms with E-state index in [-0.39, 0.29) is 16.3 Å². The summed E-state index contributed by atoms with van der Waals surface area (Å²) in [6.07, 6.45) is 1.08. The van der Waals surface area contributed by atoms with Crippen LogP contribution in [0.5, 0.6) is 0 Å². The standard InChI is InChI=1S/C22H23NO4S2/c1-22(18-9-5-3-6-10-18,19-11-7-4-8-12-19)17-23-29(26,27)21-15-13-20(14-16-21)28(2,24)25/h3-16,23H,17H2,1-2H3. The van der Waals surface area contributed by atoms with Crippen molar-refractivity contribution in [3.05, 3.63) is 96.1 Å². The fourth-order valence-electron chi connectivity index (χ4n) is 3.17. The van der Waals surface area contributed by atoms with Gasteiger partial charge in [-0.05, 0) is 35.4 Å². The van der Waals surface area contributed by atoms with Crippen molar-refractivity contribution >= 4 is 19.9 Å². The van der Waals surface area contributed by atoms with Crippen LogP contribution < -0.4 is 4.72 Å². The number of hydrogen-bond acceptors (Lipinski definition) is 4. The third-order valence-corrected chi connectivity index (χ3v) is 7.55. The van der Waals surface area contributed by atoms with Crippen molar-refractivity contribution in [2.24, 2.45) is 0 Å². The molecule has 0 amide bonds. The summed E-state index contributed by atoms with van der Waals surface area (Å²) >= 11 is 0. The van der Waals surface area contributed by atoms with Crippen molar-refractivity contribution in [1.82, 2.24) is 4.72 Å². The lowest BCUT2D eigenvalue weighted by Crippen LogP contribution is -2.39. The van der Waals surface area contributed by atoms with Crippen molar-refractivity contribution in [3.8, 4) is 0 Å². The summed E-state index contributed by atoms with van der Waals surface area (Å²) in [7, 11) is -7.20. The maximum absolute atomic E-state index is 12.8. The van der Waals surface area contributed by atoms with Crippen LogP contribution >= 0.6 is 0 Å². The van der Waals surface area contributed by atoms with Crippen LogP contribution in [0, 0.1) is 0 Å². The molecule has 3 aromatic rings. The van der Waals surface area contributed by atoms with E-state index < -0.39 is 25.3 Å². The first-order chi connectivity index (χ1) is 13.6. The SMILES string of the molecule is CC(CNS(=O)(=O)c1ccc(S(C)(=O)=O)cc1)(c1ccccc1)c1ccccc1. The van der Waals surface area contributed by atoms with Crippen LogP contribution in [0.3, 0.4) is 0 Å². The highest BCUT2D eigenvalue weighted by atomic mass is 32.2. The number of hydrogen-bond donors (Lipinski definition) is 1. The van der Waals surface area contributed by atoms with Crippen molar-refractivity contribution < 1.29 is 16.8 Å². The average molecular weight is 430 g/mol. The lowest BCUT2D eigenvalue weighted by atomic mass is 9.76. The lowest BCUT2D eigenvalue weighted by molar-refractivity contribution is 0.531. The molecule has 0 aromatic heterocycles. The topological polar surface area (TPSA) is 80.3 Å². The highest BCUT2D eigenvalue weighted by molar-refractivity contribution is 7.90. The van der Waals surface area contributed by atoms with E-state index in [1.165, 1.54) is 24.3 Å². The molecule has 0 aliphatic carbocycles. The third-order valence-electron chi connectivity index (χ3n) is 5.00. The number of benzene rings is 3. The van der Waals surface area contributed by atoms with Gasteiger partial charge < -0.3 is 0 Å². The smallest absolute Gasteiger partial charge is 0.224 e. The van der Waals surface area contributed by atoms with Gasteiger partial charge in [-0.15, -0.1) is 0 Å². The van der Waals surface area contributed by atoms with Gasteiger partial charge in [0, 0.05) is 18.2 Å². The average Bonchev–Trinajstić information content (AvgIpc) is 2.73. The summed E-state index contributed by atoms with van der Waals surface area (Å²) in [5.41, 5.74) is 1.39. The normalized spacial score (nSPS) is 12.6. The Hall–Kier alpha value is -2.48. The van der Waals surface area contributed by atoms with Gasteiger partial charge in [-0.3, -0.25) is 0 Å². The second kappa shape index (κ2) is 8.10. The van der Waals surface area contributed by atoms with E-state index >= 15 is 0 Å². The molecule has 0 radical (unpaired) electrons. The number of sulfonamides is 1. The van der Waals surface area contributed by atoms with Gasteiger partial charge in [0.15, 0.2) is 9.84 Å². The summed E-state index contributed by atoms with van der Waals surface area (Å²) in [5.74, 6) is 0. The third kappa shape index (κ3) is 4.75. The first-order valence-electron chi connectivity index (χ1n) is 9.04. The van der Waals surface area contributed by atoms with Gasteiger partial charge in [0.05, 0.1) is 9.79 Å². The maximum atomic E-state index is 12.8. The van der Waals surface area contributed by atoms with Crippen molar-refractivity contribution in [1.29, 1.82) is 0 Å². The highest BCUT2D eigenvalue weighted by Gasteiger charge is 2.30. The molecular weight excluding hydrogens is 406 g/mol. The van der Waals surface area contributed by atoms with E-state index in [4.69, 9.17) is 0 Å². The van der Waals surface area contributed by atoms with E-state index in [1.807, 2.05) is 67.6 Å². The molecule has 0 spiro atoms. The summed E-state index contributed by atoms with van der Waals surface area (Å²) in [6.45, 7) is 2.14. The van der Waals surface area contributed by atoms with Crippen molar-refractivity contribution in [2.75, 3.05) is 12.8 Å². The van der Waals surface area contributed by atoms with Gasteiger partial charge >= 0.3 is 0 Å². The molecule has 0 unspecified atom stereocenters. The molecule has 3 rings (SSSR count). The minimum absolute atomic E-state index is 0.0216. The number of sulfone groups is 1. The van der Waals surface area contributed by atoms with E-state index in [1.54, 1.807) is 0 Å². The van der Waals surface area contributed by atoms with E-state index in [0.717, 1.165) is 17.4 Å². The van der Waals surface area contributed by atoms with Gasteiger partial charge in [-0.1, -0.05) is 67.6 Å². The van der Waals surface area contributed by atoms with E-state index in [9.17, 15) is 16.8 Å². The summed E-state index contributed by atoms with van der Waals surface area (Å²) < 4.78 is 51.6. The van der Waals surface area contributed by atoms with Crippen LogP contribution in [-0.4, -0.2) is 29.6 Å². The van der Waals surface area contributed by atoms with Crippen LogP contribution in [0.25, 0.3) is 0 Å². The van der Waals surface area contributed by atoms with E-state index in [2.05, 4.69) is 4.72 Å². The summed E-state index contributed by atoms with van der Waals surface area (Å²) in [5, 5.41) is 0. The number of rotatable bonds is 7. The Morgan fingerprint density at radius 1 is 0.690 bits per heavy atom. The Bertz CT molecular complexity index is 1130. The molecule has 3 aromatic carbocycles. The molecule has 1 N–H and O–H groups in total. The molecule has 0 atom stereocenters. The molecule has 0 fully saturated rings. The molecule has 29 heavy (non-hydrogen) atoms. The molecule has 0 saturated heterocycles. The molecule has 0 saturated carbocycles. The molecule has 0 aliphatic rings. The Morgan fingerprint density at radius 2 is 1.10 bits per heavy atom. The minimum Gasteiger partial charge on any atom is -0.224 e. The maximum Gasteiger partial charge on any atom is 0.240 e. The first-order valence-corrected chi connectivity index (χ1v) is 12.4. The zero-order valence-corrected chi connectivity index (χ0v) is 17.9. The largest absolute Gasteiger partial charge is 0.240 e. The van der Waals surface area contributed by atoms with Crippen LogP contribution in [0.1, 0.15) is 18.1 Å². The zero-order valence-electron chi connectivity index (χ0n) is 16.2. The van der Waals surface area contributed by atoms with Crippen LogP contribution in [-0.2, 0) is 25.3 Å². The van der Waals surface area contributed by atoms with Gasteiger partial charge in [0.2, 0.25) is 10.0 Å². The molecule has 0 bridgehead atoms. The molecule has 5 nitrogen and oxygen atoms in total. The van der Waals surface area contributed by atoms with Crippen LogP contribution in [0.4, 0.5) is 0 Å². The predicted octanol–water partition coefficient (Wildman–Crippen LogP) is 3.37. The van der Waals surface area contributed by atoms with Gasteiger partial charge in [-0.25, -0.2) is 21.6 Å². The van der Waals surface area contributed by atoms with Crippen LogP contribution in [0.2, 0.25) is 0 Å². The highest BCUT2D eigenvalue weighted by Crippen LogP contribution is 2.31. The summed E-state index contributed by atoms with van der Waals surface area (Å²) in [4.78, 5) is 0.100. The Morgan fingerprint density at radius 3 is 1.52 bits per heavy atom. The Labute approximate surface area is 172 Å². The Balaban J connectivity index is 1.91. The van der Waals surface area contributed by atoms with Gasteiger partial charge in [0.1, 0.15) is 0 Å². The molecule has 0 aliphatic heterocycles. The fourth-order valence-corrected chi connectivity index (χ4v) is 4.94. The number of nitrogens with one attached hydrogen (secondary N) is 1.